The minimum atomic E-state index is 0.537. The number of hydrogen-bond acceptors (Lipinski definition) is 3. The summed E-state index contributed by atoms with van der Waals surface area (Å²) in [5.41, 5.74) is 1.45. The van der Waals surface area contributed by atoms with E-state index in [9.17, 15) is 0 Å². The van der Waals surface area contributed by atoms with Crippen molar-refractivity contribution in [1.29, 1.82) is 0 Å². The Labute approximate surface area is 123 Å². The van der Waals surface area contributed by atoms with Crippen molar-refractivity contribution in [2.24, 2.45) is 0 Å². The zero-order valence-electron chi connectivity index (χ0n) is 12.6. The van der Waals surface area contributed by atoms with Crippen LogP contribution >= 0.6 is 0 Å². The second kappa shape index (κ2) is 6.70. The van der Waals surface area contributed by atoms with Gasteiger partial charge in [-0.05, 0) is 38.4 Å². The fourth-order valence-electron chi connectivity index (χ4n) is 3.51. The normalized spacial score (nSPS) is 28.9. The van der Waals surface area contributed by atoms with Gasteiger partial charge in [0.15, 0.2) is 0 Å². The van der Waals surface area contributed by atoms with Gasteiger partial charge in [-0.1, -0.05) is 30.3 Å². The zero-order chi connectivity index (χ0) is 13.8. The third kappa shape index (κ3) is 3.40. The van der Waals surface area contributed by atoms with E-state index in [4.69, 9.17) is 0 Å². The highest BCUT2D eigenvalue weighted by atomic mass is 15.3. The fourth-order valence-corrected chi connectivity index (χ4v) is 3.51. The maximum atomic E-state index is 3.63. The minimum absolute atomic E-state index is 0.537. The van der Waals surface area contributed by atoms with Gasteiger partial charge in [-0.3, -0.25) is 4.90 Å². The third-order valence-electron chi connectivity index (χ3n) is 4.70. The monoisotopic (exact) mass is 273 g/mol. The maximum Gasteiger partial charge on any atom is 0.0473 e. The number of benzene rings is 1. The van der Waals surface area contributed by atoms with Crippen molar-refractivity contribution in [3.8, 4) is 0 Å². The molecule has 110 valence electrons. The Morgan fingerprint density at radius 2 is 1.85 bits per heavy atom. The molecule has 1 aromatic carbocycles. The van der Waals surface area contributed by atoms with Crippen molar-refractivity contribution < 1.29 is 0 Å². The Morgan fingerprint density at radius 3 is 2.60 bits per heavy atom. The molecule has 0 bridgehead atoms. The molecule has 2 heterocycles. The summed E-state index contributed by atoms with van der Waals surface area (Å²) >= 11 is 0. The number of nitrogens with zero attached hydrogens (tertiary/aromatic N) is 2. The SMILES string of the molecule is CC1CN(CCN2CCCC2)C(c2ccccc2)CN1. The molecule has 0 radical (unpaired) electrons. The molecule has 0 amide bonds. The molecule has 2 aliphatic rings. The molecule has 2 fully saturated rings. The Hall–Kier alpha value is -0.900. The zero-order valence-corrected chi connectivity index (χ0v) is 12.6. The maximum absolute atomic E-state index is 3.63. The van der Waals surface area contributed by atoms with Crippen molar-refractivity contribution >= 4 is 0 Å². The first-order valence-corrected chi connectivity index (χ1v) is 8.07. The van der Waals surface area contributed by atoms with Gasteiger partial charge in [0.25, 0.3) is 0 Å². The molecular weight excluding hydrogens is 246 g/mol. The predicted octanol–water partition coefficient (Wildman–Crippen LogP) is 2.12. The number of nitrogens with one attached hydrogen (secondary N) is 1. The molecule has 20 heavy (non-hydrogen) atoms. The van der Waals surface area contributed by atoms with Crippen LogP contribution in [-0.2, 0) is 0 Å². The molecule has 2 saturated heterocycles. The molecule has 1 N–H and O–H groups in total. The second-order valence-electron chi connectivity index (χ2n) is 6.28. The second-order valence-corrected chi connectivity index (χ2v) is 6.28. The van der Waals surface area contributed by atoms with Gasteiger partial charge in [-0.15, -0.1) is 0 Å². The Kier molecular flexibility index (Phi) is 4.71. The molecule has 2 atom stereocenters. The lowest BCUT2D eigenvalue weighted by atomic mass is 10.0. The van der Waals surface area contributed by atoms with Crippen LogP contribution in [0.25, 0.3) is 0 Å². The summed E-state index contributed by atoms with van der Waals surface area (Å²) in [4.78, 5) is 5.30. The summed E-state index contributed by atoms with van der Waals surface area (Å²) in [6.45, 7) is 9.57. The van der Waals surface area contributed by atoms with Crippen LogP contribution in [0.5, 0.6) is 0 Å². The fraction of sp³-hybridized carbons (Fsp3) is 0.647. The first kappa shape index (κ1) is 14.1. The van der Waals surface area contributed by atoms with Gasteiger partial charge in [0, 0.05) is 38.3 Å². The van der Waals surface area contributed by atoms with E-state index in [1.165, 1.54) is 44.6 Å². The van der Waals surface area contributed by atoms with Crippen LogP contribution in [0.15, 0.2) is 30.3 Å². The molecule has 0 aliphatic carbocycles. The standard InChI is InChI=1S/C17H27N3/c1-15-14-20(12-11-19-9-5-6-10-19)17(13-18-15)16-7-3-2-4-8-16/h2-4,7-8,15,17-18H,5-6,9-14H2,1H3. The lowest BCUT2D eigenvalue weighted by Crippen LogP contribution is -2.52. The Bertz CT molecular complexity index is 400. The highest BCUT2D eigenvalue weighted by Gasteiger charge is 2.27. The third-order valence-corrected chi connectivity index (χ3v) is 4.70. The van der Waals surface area contributed by atoms with Crippen LogP contribution in [0.2, 0.25) is 0 Å². The molecule has 2 aliphatic heterocycles. The van der Waals surface area contributed by atoms with Crippen molar-refractivity contribution in [2.45, 2.75) is 31.8 Å². The van der Waals surface area contributed by atoms with Crippen molar-refractivity contribution in [1.82, 2.24) is 15.1 Å². The number of rotatable bonds is 4. The van der Waals surface area contributed by atoms with Crippen molar-refractivity contribution in [3.63, 3.8) is 0 Å². The summed E-state index contributed by atoms with van der Waals surface area (Å²) in [5, 5.41) is 3.63. The van der Waals surface area contributed by atoms with Crippen LogP contribution in [0.4, 0.5) is 0 Å². The van der Waals surface area contributed by atoms with Crippen molar-refractivity contribution in [3.05, 3.63) is 35.9 Å². The van der Waals surface area contributed by atoms with Gasteiger partial charge < -0.3 is 10.2 Å². The van der Waals surface area contributed by atoms with E-state index >= 15 is 0 Å². The molecule has 0 spiro atoms. The topological polar surface area (TPSA) is 18.5 Å². The number of likely N-dealkylation sites (tertiary alicyclic amines) is 1. The molecule has 3 nitrogen and oxygen atoms in total. The first-order chi connectivity index (χ1) is 9.83. The average Bonchev–Trinajstić information content (AvgIpc) is 2.99. The lowest BCUT2D eigenvalue weighted by molar-refractivity contribution is 0.121. The summed E-state index contributed by atoms with van der Waals surface area (Å²) < 4.78 is 0. The van der Waals surface area contributed by atoms with Gasteiger partial charge in [0.2, 0.25) is 0 Å². The van der Waals surface area contributed by atoms with Gasteiger partial charge in [0.1, 0.15) is 0 Å². The molecule has 3 rings (SSSR count). The average molecular weight is 273 g/mol. The summed E-state index contributed by atoms with van der Waals surface area (Å²) in [7, 11) is 0. The van der Waals surface area contributed by atoms with E-state index in [-0.39, 0.29) is 0 Å². The van der Waals surface area contributed by atoms with Crippen LogP contribution < -0.4 is 5.32 Å². The molecular formula is C17H27N3. The van der Waals surface area contributed by atoms with Crippen LogP contribution in [0, 0.1) is 0 Å². The van der Waals surface area contributed by atoms with E-state index in [0.29, 0.717) is 12.1 Å². The summed E-state index contributed by atoms with van der Waals surface area (Å²) in [6, 6.07) is 12.1. The van der Waals surface area contributed by atoms with E-state index < -0.39 is 0 Å². The largest absolute Gasteiger partial charge is 0.311 e. The predicted molar refractivity (Wildman–Crippen MR) is 83.9 cm³/mol. The minimum Gasteiger partial charge on any atom is -0.311 e. The first-order valence-electron chi connectivity index (χ1n) is 8.07. The smallest absolute Gasteiger partial charge is 0.0473 e. The summed E-state index contributed by atoms with van der Waals surface area (Å²) in [5.74, 6) is 0. The van der Waals surface area contributed by atoms with Gasteiger partial charge in [0.05, 0.1) is 0 Å². The van der Waals surface area contributed by atoms with Crippen LogP contribution in [0.1, 0.15) is 31.4 Å². The highest BCUT2D eigenvalue weighted by molar-refractivity contribution is 5.20. The van der Waals surface area contributed by atoms with E-state index in [1.807, 2.05) is 0 Å². The van der Waals surface area contributed by atoms with E-state index in [1.54, 1.807) is 0 Å². The lowest BCUT2D eigenvalue weighted by Gasteiger charge is -2.40. The quantitative estimate of drug-likeness (QED) is 0.906. The van der Waals surface area contributed by atoms with Gasteiger partial charge in [-0.2, -0.15) is 0 Å². The van der Waals surface area contributed by atoms with Crippen molar-refractivity contribution in [2.75, 3.05) is 39.3 Å². The molecule has 1 aromatic rings. The number of hydrogen-bond donors (Lipinski definition) is 1. The van der Waals surface area contributed by atoms with Crippen LogP contribution in [0.3, 0.4) is 0 Å². The Balaban J connectivity index is 1.63. The summed E-state index contributed by atoms with van der Waals surface area (Å²) in [6.07, 6.45) is 2.78. The molecule has 0 aromatic heterocycles. The van der Waals surface area contributed by atoms with Gasteiger partial charge in [-0.25, -0.2) is 0 Å². The molecule has 0 saturated carbocycles. The molecule has 3 heteroatoms. The molecule has 2 unspecified atom stereocenters. The van der Waals surface area contributed by atoms with Crippen LogP contribution in [-0.4, -0.2) is 55.1 Å². The Morgan fingerprint density at radius 1 is 1.10 bits per heavy atom. The van der Waals surface area contributed by atoms with Gasteiger partial charge >= 0.3 is 0 Å². The van der Waals surface area contributed by atoms with E-state index in [0.717, 1.165) is 13.1 Å². The van der Waals surface area contributed by atoms with E-state index in [2.05, 4.69) is 52.4 Å². The number of piperazine rings is 1. The highest BCUT2D eigenvalue weighted by Crippen LogP contribution is 2.23.